The van der Waals surface area contributed by atoms with Gasteiger partial charge >= 0.3 is 5.97 Å². The Kier molecular flexibility index (Phi) is 6.58. The van der Waals surface area contributed by atoms with Crippen LogP contribution in [0.3, 0.4) is 0 Å². The third-order valence-corrected chi connectivity index (χ3v) is 2.07. The van der Waals surface area contributed by atoms with Crippen molar-refractivity contribution in [3.05, 3.63) is 0 Å². The summed E-state index contributed by atoms with van der Waals surface area (Å²) in [6.45, 7) is 3.81. The van der Waals surface area contributed by atoms with Gasteiger partial charge in [-0.2, -0.15) is 5.26 Å². The van der Waals surface area contributed by atoms with Crippen LogP contribution in [0.25, 0.3) is 0 Å². The number of rotatable bonds is 5. The van der Waals surface area contributed by atoms with Crippen LogP contribution in [0.2, 0.25) is 0 Å². The Morgan fingerprint density at radius 3 is 2.92 bits per heavy atom. The Balaban J connectivity index is 3.41. The maximum atomic E-state index is 10.9. The van der Waals surface area contributed by atoms with E-state index in [4.69, 9.17) is 10.00 Å². The molecule has 1 atom stereocenters. The number of hydrogen-bond donors (Lipinski definition) is 0. The number of esters is 1. The van der Waals surface area contributed by atoms with Gasteiger partial charge in [-0.15, -0.1) is 11.8 Å². The zero-order valence-corrected chi connectivity index (χ0v) is 8.19. The van der Waals surface area contributed by atoms with E-state index in [-0.39, 0.29) is 17.8 Å². The SMILES string of the molecule is CCC(C)OC(=O)CSCC#N. The molecular weight excluding hydrogens is 174 g/mol. The summed E-state index contributed by atoms with van der Waals surface area (Å²) in [4.78, 5) is 10.9. The van der Waals surface area contributed by atoms with Crippen molar-refractivity contribution >= 4 is 17.7 Å². The summed E-state index contributed by atoms with van der Waals surface area (Å²) in [5.74, 6) is 0.387. The van der Waals surface area contributed by atoms with Gasteiger partial charge in [-0.3, -0.25) is 4.79 Å². The van der Waals surface area contributed by atoms with E-state index in [1.165, 1.54) is 11.8 Å². The summed E-state index contributed by atoms with van der Waals surface area (Å²) in [6, 6.07) is 1.95. The van der Waals surface area contributed by atoms with Crippen molar-refractivity contribution in [3.63, 3.8) is 0 Å². The summed E-state index contributed by atoms with van der Waals surface area (Å²) < 4.78 is 4.98. The Labute approximate surface area is 77.1 Å². The number of thioether (sulfide) groups is 1. The second-order valence-electron chi connectivity index (χ2n) is 2.36. The van der Waals surface area contributed by atoms with Gasteiger partial charge in [0.05, 0.1) is 23.7 Å². The Morgan fingerprint density at radius 1 is 1.75 bits per heavy atom. The van der Waals surface area contributed by atoms with Crippen LogP contribution in [0.1, 0.15) is 20.3 Å². The average molecular weight is 187 g/mol. The molecular formula is C8H13NO2S. The predicted molar refractivity (Wildman–Crippen MR) is 48.8 cm³/mol. The molecule has 0 rings (SSSR count). The maximum Gasteiger partial charge on any atom is 0.316 e. The van der Waals surface area contributed by atoms with Gasteiger partial charge in [-0.25, -0.2) is 0 Å². The van der Waals surface area contributed by atoms with Crippen molar-refractivity contribution in [3.8, 4) is 6.07 Å². The number of nitrogens with zero attached hydrogens (tertiary/aromatic N) is 1. The molecule has 0 aliphatic heterocycles. The van der Waals surface area contributed by atoms with Crippen molar-refractivity contribution in [2.45, 2.75) is 26.4 Å². The van der Waals surface area contributed by atoms with E-state index in [0.29, 0.717) is 5.75 Å². The lowest BCUT2D eigenvalue weighted by molar-refractivity contribution is -0.144. The molecule has 0 N–H and O–H groups in total. The van der Waals surface area contributed by atoms with Gasteiger partial charge in [0.1, 0.15) is 0 Å². The zero-order valence-electron chi connectivity index (χ0n) is 7.37. The monoisotopic (exact) mass is 187 g/mol. The second-order valence-corrected chi connectivity index (χ2v) is 3.35. The van der Waals surface area contributed by atoms with Crippen LogP contribution in [0, 0.1) is 11.3 Å². The van der Waals surface area contributed by atoms with E-state index >= 15 is 0 Å². The number of carbonyl (C=O) groups excluding carboxylic acids is 1. The van der Waals surface area contributed by atoms with Crippen molar-refractivity contribution in [2.24, 2.45) is 0 Å². The number of hydrogen-bond acceptors (Lipinski definition) is 4. The molecule has 0 aromatic heterocycles. The molecule has 68 valence electrons. The average Bonchev–Trinajstić information content (AvgIpc) is 2.05. The molecule has 4 heteroatoms. The first-order valence-electron chi connectivity index (χ1n) is 3.84. The van der Waals surface area contributed by atoms with E-state index in [9.17, 15) is 4.79 Å². The molecule has 0 fully saturated rings. The van der Waals surface area contributed by atoms with Gasteiger partial charge in [0.2, 0.25) is 0 Å². The predicted octanol–water partition coefficient (Wildman–Crippen LogP) is 1.58. The Bertz CT molecular complexity index is 176. The summed E-state index contributed by atoms with van der Waals surface area (Å²) in [6.07, 6.45) is 0.814. The molecule has 0 bridgehead atoms. The Morgan fingerprint density at radius 2 is 2.42 bits per heavy atom. The fourth-order valence-corrected chi connectivity index (χ4v) is 0.950. The molecule has 0 aliphatic carbocycles. The van der Waals surface area contributed by atoms with Crippen LogP contribution < -0.4 is 0 Å². The minimum absolute atomic E-state index is 0.0137. The molecule has 0 aliphatic rings. The summed E-state index contributed by atoms with van der Waals surface area (Å²) in [5, 5.41) is 8.18. The van der Waals surface area contributed by atoms with Gasteiger partial charge in [-0.05, 0) is 13.3 Å². The first-order valence-corrected chi connectivity index (χ1v) is 5.00. The highest BCUT2D eigenvalue weighted by Gasteiger charge is 2.06. The molecule has 0 spiro atoms. The highest BCUT2D eigenvalue weighted by Crippen LogP contribution is 2.02. The largest absolute Gasteiger partial charge is 0.462 e. The molecule has 1 unspecified atom stereocenters. The van der Waals surface area contributed by atoms with Crippen LogP contribution in [-0.2, 0) is 9.53 Å². The van der Waals surface area contributed by atoms with E-state index in [1.54, 1.807) is 0 Å². The first kappa shape index (κ1) is 11.3. The second kappa shape index (κ2) is 6.99. The molecule has 0 radical (unpaired) electrons. The standard InChI is InChI=1S/C8H13NO2S/c1-3-7(2)11-8(10)6-12-5-4-9/h7H,3,5-6H2,1-2H3. The quantitative estimate of drug-likeness (QED) is 0.484. The van der Waals surface area contributed by atoms with Crippen LogP contribution in [0.5, 0.6) is 0 Å². The van der Waals surface area contributed by atoms with E-state index in [1.807, 2.05) is 19.9 Å². The van der Waals surface area contributed by atoms with E-state index < -0.39 is 0 Å². The first-order chi connectivity index (χ1) is 5.70. The van der Waals surface area contributed by atoms with Crippen LogP contribution in [0.15, 0.2) is 0 Å². The van der Waals surface area contributed by atoms with Crippen molar-refractivity contribution < 1.29 is 9.53 Å². The lowest BCUT2D eigenvalue weighted by atomic mass is 10.3. The molecule has 0 saturated heterocycles. The lowest BCUT2D eigenvalue weighted by Gasteiger charge is -2.09. The minimum Gasteiger partial charge on any atom is -0.462 e. The van der Waals surface area contributed by atoms with Gasteiger partial charge in [0, 0.05) is 0 Å². The highest BCUT2D eigenvalue weighted by molar-refractivity contribution is 8.00. The normalized spacial score (nSPS) is 11.8. The number of ether oxygens (including phenoxy) is 1. The molecule has 3 nitrogen and oxygen atoms in total. The van der Waals surface area contributed by atoms with Gasteiger partial charge < -0.3 is 4.74 Å². The Hall–Kier alpha value is -0.690. The smallest absolute Gasteiger partial charge is 0.316 e. The maximum absolute atomic E-state index is 10.9. The molecule has 12 heavy (non-hydrogen) atoms. The van der Waals surface area contributed by atoms with E-state index in [0.717, 1.165) is 6.42 Å². The van der Waals surface area contributed by atoms with Gasteiger partial charge in [0.25, 0.3) is 0 Å². The fraction of sp³-hybridized carbons (Fsp3) is 0.750. The third kappa shape index (κ3) is 6.05. The topological polar surface area (TPSA) is 50.1 Å². The summed E-state index contributed by atoms with van der Waals surface area (Å²) in [5.41, 5.74) is 0. The highest BCUT2D eigenvalue weighted by atomic mass is 32.2. The van der Waals surface area contributed by atoms with Crippen molar-refractivity contribution in [1.82, 2.24) is 0 Å². The molecule has 0 saturated carbocycles. The number of nitriles is 1. The minimum atomic E-state index is -0.232. The van der Waals surface area contributed by atoms with Gasteiger partial charge in [-0.1, -0.05) is 6.92 Å². The molecule has 0 aromatic carbocycles. The molecule has 0 aromatic rings. The number of carbonyl (C=O) groups is 1. The summed E-state index contributed by atoms with van der Waals surface area (Å²) >= 11 is 1.28. The van der Waals surface area contributed by atoms with Crippen LogP contribution in [0.4, 0.5) is 0 Å². The zero-order chi connectivity index (χ0) is 9.40. The van der Waals surface area contributed by atoms with Crippen LogP contribution in [-0.4, -0.2) is 23.6 Å². The van der Waals surface area contributed by atoms with Crippen molar-refractivity contribution in [2.75, 3.05) is 11.5 Å². The molecule has 0 amide bonds. The van der Waals surface area contributed by atoms with Crippen molar-refractivity contribution in [1.29, 1.82) is 5.26 Å². The molecule has 0 heterocycles. The van der Waals surface area contributed by atoms with Gasteiger partial charge in [0.15, 0.2) is 0 Å². The summed E-state index contributed by atoms with van der Waals surface area (Å²) in [7, 11) is 0. The van der Waals surface area contributed by atoms with E-state index in [2.05, 4.69) is 0 Å². The lowest BCUT2D eigenvalue weighted by Crippen LogP contribution is -2.15. The fourth-order valence-electron chi connectivity index (χ4n) is 0.522. The third-order valence-electron chi connectivity index (χ3n) is 1.29. The van der Waals surface area contributed by atoms with Crippen LogP contribution >= 0.6 is 11.8 Å².